The van der Waals surface area contributed by atoms with Crippen LogP contribution in [0.3, 0.4) is 0 Å². The van der Waals surface area contributed by atoms with E-state index in [0.29, 0.717) is 35.3 Å². The summed E-state index contributed by atoms with van der Waals surface area (Å²) in [5, 5.41) is 0. The van der Waals surface area contributed by atoms with Gasteiger partial charge >= 0.3 is 5.97 Å². The van der Waals surface area contributed by atoms with Gasteiger partial charge in [-0.15, -0.1) is 0 Å². The van der Waals surface area contributed by atoms with Crippen LogP contribution in [0.25, 0.3) is 6.08 Å². The van der Waals surface area contributed by atoms with Gasteiger partial charge in [0, 0.05) is 19.5 Å². The van der Waals surface area contributed by atoms with Crippen LogP contribution in [0.5, 0.6) is 0 Å². The Hall–Kier alpha value is -1.70. The average molecular weight is 407 g/mol. The maximum Gasteiger partial charge on any atom is 0.305 e. The fraction of sp³-hybridized carbons (Fsp3) is 0.450. The minimum atomic E-state index is -0.242. The summed E-state index contributed by atoms with van der Waals surface area (Å²) >= 11 is 6.64. The number of thiocarbonyl (C=S) groups is 1. The number of ether oxygens (including phenoxy) is 1. The first-order valence-corrected chi connectivity index (χ1v) is 10.3. The van der Waals surface area contributed by atoms with Crippen molar-refractivity contribution < 1.29 is 14.3 Å². The van der Waals surface area contributed by atoms with Crippen molar-refractivity contribution in [2.75, 3.05) is 33.8 Å². The Morgan fingerprint density at radius 1 is 1.30 bits per heavy atom. The van der Waals surface area contributed by atoms with E-state index in [2.05, 4.69) is 19.1 Å². The van der Waals surface area contributed by atoms with Crippen molar-refractivity contribution in [3.8, 4) is 0 Å². The monoisotopic (exact) mass is 406 g/mol. The number of benzene rings is 1. The second kappa shape index (κ2) is 10.6. The van der Waals surface area contributed by atoms with Crippen LogP contribution in [0.2, 0.25) is 0 Å². The fourth-order valence-corrected chi connectivity index (χ4v) is 3.80. The number of rotatable bonds is 9. The number of nitrogens with zero attached hydrogens (tertiary/aromatic N) is 2. The number of likely N-dealkylation sites (N-methyl/N-ethyl adjacent to an activating group) is 1. The summed E-state index contributed by atoms with van der Waals surface area (Å²) in [6.07, 6.45) is 3.67. The molecule has 1 aromatic rings. The van der Waals surface area contributed by atoms with Gasteiger partial charge in [-0.1, -0.05) is 55.2 Å². The smallest absolute Gasteiger partial charge is 0.305 e. The molecule has 1 aliphatic rings. The molecule has 1 aromatic carbocycles. The molecule has 0 saturated carbocycles. The second-order valence-electron chi connectivity index (χ2n) is 6.56. The van der Waals surface area contributed by atoms with Crippen LogP contribution in [-0.4, -0.2) is 59.8 Å². The first-order chi connectivity index (χ1) is 12.9. The molecule has 1 amide bonds. The third-order valence-corrected chi connectivity index (χ3v) is 5.50. The lowest BCUT2D eigenvalue weighted by atomic mass is 10.1. The predicted octanol–water partition coefficient (Wildman–Crippen LogP) is 3.34. The molecule has 1 heterocycles. The number of hydrogen-bond donors (Lipinski definition) is 0. The highest BCUT2D eigenvalue weighted by molar-refractivity contribution is 8.26. The molecule has 0 N–H and O–H groups in total. The van der Waals surface area contributed by atoms with E-state index in [1.54, 1.807) is 4.90 Å². The maximum absolute atomic E-state index is 12.6. The molecular formula is C20H26N2O3S2. The number of aryl methyl sites for hydroxylation is 1. The van der Waals surface area contributed by atoms with E-state index in [1.165, 1.54) is 17.3 Å². The Kier molecular flexibility index (Phi) is 8.47. The molecule has 0 unspecified atom stereocenters. The number of carbonyl (C=O) groups excluding carboxylic acids is 2. The van der Waals surface area contributed by atoms with Crippen LogP contribution < -0.4 is 0 Å². The van der Waals surface area contributed by atoms with Crippen molar-refractivity contribution in [1.29, 1.82) is 0 Å². The van der Waals surface area contributed by atoms with E-state index >= 15 is 0 Å². The molecule has 146 valence electrons. The summed E-state index contributed by atoms with van der Waals surface area (Å²) < 4.78 is 5.70. The zero-order valence-electron chi connectivity index (χ0n) is 16.1. The zero-order chi connectivity index (χ0) is 19.8. The van der Waals surface area contributed by atoms with Crippen molar-refractivity contribution in [3.63, 3.8) is 0 Å². The highest BCUT2D eigenvalue weighted by Gasteiger charge is 2.31. The molecule has 1 aliphatic heterocycles. The number of carbonyl (C=O) groups is 2. The molecule has 0 atom stereocenters. The van der Waals surface area contributed by atoms with Gasteiger partial charge in [0.2, 0.25) is 0 Å². The molecule has 0 aromatic heterocycles. The van der Waals surface area contributed by atoms with Gasteiger partial charge in [-0.25, -0.2) is 0 Å². The summed E-state index contributed by atoms with van der Waals surface area (Å²) in [5.74, 6) is -0.334. The molecule has 0 radical (unpaired) electrons. The van der Waals surface area contributed by atoms with Crippen LogP contribution in [0, 0.1) is 0 Å². The largest absolute Gasteiger partial charge is 0.464 e. The van der Waals surface area contributed by atoms with Gasteiger partial charge in [0.05, 0.1) is 4.91 Å². The lowest BCUT2D eigenvalue weighted by Gasteiger charge is -2.14. The zero-order valence-corrected chi connectivity index (χ0v) is 17.7. The maximum atomic E-state index is 12.6. The van der Waals surface area contributed by atoms with E-state index < -0.39 is 0 Å². The highest BCUT2D eigenvalue weighted by atomic mass is 32.2. The number of amides is 1. The lowest BCUT2D eigenvalue weighted by molar-refractivity contribution is -0.144. The molecule has 5 nitrogen and oxygen atoms in total. The van der Waals surface area contributed by atoms with E-state index in [-0.39, 0.29) is 18.3 Å². The Labute approximate surface area is 170 Å². The lowest BCUT2D eigenvalue weighted by Crippen LogP contribution is -2.29. The Morgan fingerprint density at radius 3 is 2.63 bits per heavy atom. The minimum Gasteiger partial charge on any atom is -0.464 e. The van der Waals surface area contributed by atoms with Gasteiger partial charge in [-0.2, -0.15) is 0 Å². The van der Waals surface area contributed by atoms with Gasteiger partial charge in [0.25, 0.3) is 5.91 Å². The van der Waals surface area contributed by atoms with Gasteiger partial charge in [-0.05, 0) is 44.1 Å². The van der Waals surface area contributed by atoms with Gasteiger partial charge < -0.3 is 9.64 Å². The van der Waals surface area contributed by atoms with E-state index in [4.69, 9.17) is 17.0 Å². The van der Waals surface area contributed by atoms with Crippen LogP contribution in [0.4, 0.5) is 0 Å². The SMILES string of the molecule is CCc1ccc(C=C2SC(=S)N(CCCC(=O)OCCN(C)C)C2=O)cc1. The van der Waals surface area contributed by atoms with Gasteiger partial charge in [0.15, 0.2) is 0 Å². The van der Waals surface area contributed by atoms with Crippen molar-refractivity contribution in [2.24, 2.45) is 0 Å². The summed E-state index contributed by atoms with van der Waals surface area (Å²) in [7, 11) is 3.85. The van der Waals surface area contributed by atoms with Crippen LogP contribution in [0.1, 0.15) is 30.9 Å². The number of hydrogen-bond acceptors (Lipinski definition) is 6. The Balaban J connectivity index is 1.84. The molecule has 0 bridgehead atoms. The topological polar surface area (TPSA) is 49.9 Å². The first-order valence-electron chi connectivity index (χ1n) is 9.05. The molecule has 27 heavy (non-hydrogen) atoms. The predicted molar refractivity (Wildman–Crippen MR) is 114 cm³/mol. The van der Waals surface area contributed by atoms with E-state index in [0.717, 1.165) is 12.0 Å². The highest BCUT2D eigenvalue weighted by Crippen LogP contribution is 2.32. The standard InChI is InChI=1S/C20H26N2O3S2/c1-4-15-7-9-16(10-8-15)14-17-19(24)22(20(26)27-17)11-5-6-18(23)25-13-12-21(2)3/h7-10,14H,4-6,11-13H2,1-3H3. The van der Waals surface area contributed by atoms with Gasteiger partial charge in [0.1, 0.15) is 10.9 Å². The molecule has 1 saturated heterocycles. The molecule has 0 spiro atoms. The molecule has 0 aliphatic carbocycles. The third kappa shape index (κ3) is 6.75. The Bertz CT molecular complexity index is 714. The first kappa shape index (κ1) is 21.6. The molecule has 1 fully saturated rings. The summed E-state index contributed by atoms with van der Waals surface area (Å²) in [6.45, 7) is 3.62. The minimum absolute atomic E-state index is 0.0921. The number of esters is 1. The average Bonchev–Trinajstić information content (AvgIpc) is 2.89. The third-order valence-electron chi connectivity index (χ3n) is 4.12. The second-order valence-corrected chi connectivity index (χ2v) is 8.23. The number of thioether (sulfide) groups is 1. The van der Waals surface area contributed by atoms with Crippen molar-refractivity contribution in [2.45, 2.75) is 26.2 Å². The van der Waals surface area contributed by atoms with Crippen molar-refractivity contribution in [3.05, 3.63) is 40.3 Å². The van der Waals surface area contributed by atoms with E-state index in [9.17, 15) is 9.59 Å². The summed E-state index contributed by atoms with van der Waals surface area (Å²) in [4.78, 5) is 28.5. The molecule has 7 heteroatoms. The fourth-order valence-electron chi connectivity index (χ4n) is 2.49. The quantitative estimate of drug-likeness (QED) is 0.356. The van der Waals surface area contributed by atoms with E-state index in [1.807, 2.05) is 37.2 Å². The van der Waals surface area contributed by atoms with Crippen LogP contribution in [-0.2, 0) is 20.7 Å². The van der Waals surface area contributed by atoms with Gasteiger partial charge in [-0.3, -0.25) is 14.5 Å². The summed E-state index contributed by atoms with van der Waals surface area (Å²) in [5.41, 5.74) is 2.24. The van der Waals surface area contributed by atoms with Crippen LogP contribution in [0.15, 0.2) is 29.2 Å². The molecular weight excluding hydrogens is 380 g/mol. The summed E-state index contributed by atoms with van der Waals surface area (Å²) in [6, 6.07) is 8.15. The van der Waals surface area contributed by atoms with Crippen molar-refractivity contribution >= 4 is 46.3 Å². The van der Waals surface area contributed by atoms with Crippen LogP contribution >= 0.6 is 24.0 Å². The van der Waals surface area contributed by atoms with Crippen molar-refractivity contribution in [1.82, 2.24) is 9.80 Å². The molecule has 2 rings (SSSR count). The normalized spacial score (nSPS) is 15.9. The Morgan fingerprint density at radius 2 is 2.00 bits per heavy atom.